The highest BCUT2D eigenvalue weighted by molar-refractivity contribution is 6.35. The van der Waals surface area contributed by atoms with Crippen LogP contribution in [0.1, 0.15) is 17.4 Å². The van der Waals surface area contributed by atoms with Crippen molar-refractivity contribution in [2.24, 2.45) is 0 Å². The molecule has 0 spiro atoms. The predicted octanol–water partition coefficient (Wildman–Crippen LogP) is 2.30. The van der Waals surface area contributed by atoms with Gasteiger partial charge in [-0.1, -0.05) is 24.3 Å². The molecule has 2 aliphatic rings. The van der Waals surface area contributed by atoms with Crippen molar-refractivity contribution in [3.63, 3.8) is 0 Å². The SMILES string of the molecule is O=C(NCc1ccc2c(c1)OCO2)C(=O)NC[C@H](c1ccco1)N1CCN(c2ccccc2)CC1. The number of amides is 2. The smallest absolute Gasteiger partial charge is 0.309 e. The van der Waals surface area contributed by atoms with E-state index in [0.717, 1.165) is 37.5 Å². The Morgan fingerprint density at radius 2 is 1.63 bits per heavy atom. The number of benzene rings is 2. The number of nitrogens with zero attached hydrogens (tertiary/aromatic N) is 2. The fourth-order valence-electron chi connectivity index (χ4n) is 4.40. The number of nitrogens with one attached hydrogen (secondary N) is 2. The van der Waals surface area contributed by atoms with Crippen LogP contribution in [0.5, 0.6) is 11.5 Å². The number of carbonyl (C=O) groups is 2. The molecule has 0 radical (unpaired) electrons. The van der Waals surface area contributed by atoms with Crippen LogP contribution in [0, 0.1) is 0 Å². The van der Waals surface area contributed by atoms with E-state index in [1.54, 1.807) is 18.4 Å². The van der Waals surface area contributed by atoms with E-state index < -0.39 is 11.8 Å². The molecule has 0 aliphatic carbocycles. The summed E-state index contributed by atoms with van der Waals surface area (Å²) in [6.45, 7) is 4.03. The Morgan fingerprint density at radius 3 is 2.40 bits per heavy atom. The third-order valence-electron chi connectivity index (χ3n) is 6.30. The number of rotatable bonds is 7. The average molecular weight is 477 g/mol. The van der Waals surface area contributed by atoms with Crippen LogP contribution in [-0.4, -0.2) is 56.2 Å². The lowest BCUT2D eigenvalue weighted by atomic mass is 10.1. The number of carbonyl (C=O) groups excluding carboxylic acids is 2. The van der Waals surface area contributed by atoms with E-state index in [0.29, 0.717) is 11.5 Å². The van der Waals surface area contributed by atoms with Gasteiger partial charge in [0.1, 0.15) is 5.76 Å². The van der Waals surface area contributed by atoms with Crippen LogP contribution < -0.4 is 25.0 Å². The molecule has 0 bridgehead atoms. The quantitative estimate of drug-likeness (QED) is 0.505. The molecule has 9 nitrogen and oxygen atoms in total. The zero-order valence-corrected chi connectivity index (χ0v) is 19.3. The molecule has 1 aromatic heterocycles. The first kappa shape index (κ1) is 22.8. The molecular weight excluding hydrogens is 448 g/mol. The second-order valence-electron chi connectivity index (χ2n) is 8.47. The Balaban J connectivity index is 1.14. The van der Waals surface area contributed by atoms with E-state index in [1.807, 2.05) is 36.4 Å². The molecule has 3 aromatic rings. The topological polar surface area (TPSA) is 96.3 Å². The minimum atomic E-state index is -0.685. The standard InChI is InChI=1S/C26H28N4O5/c31-25(27-16-19-8-9-23-24(15-19)35-18-34-23)26(32)28-17-21(22-7-4-14-33-22)30-12-10-29(11-13-30)20-5-2-1-3-6-20/h1-9,14-15,21H,10-13,16-18H2,(H,27,31)(H,28,32)/t21-/m1/s1. The van der Waals surface area contributed by atoms with Gasteiger partial charge in [-0.3, -0.25) is 14.5 Å². The van der Waals surface area contributed by atoms with Gasteiger partial charge in [0, 0.05) is 45.0 Å². The number of piperazine rings is 1. The first-order valence-electron chi connectivity index (χ1n) is 11.7. The molecule has 182 valence electrons. The highest BCUT2D eigenvalue weighted by Crippen LogP contribution is 2.32. The zero-order chi connectivity index (χ0) is 24.0. The van der Waals surface area contributed by atoms with Crippen molar-refractivity contribution >= 4 is 17.5 Å². The maximum Gasteiger partial charge on any atom is 0.309 e. The predicted molar refractivity (Wildman–Crippen MR) is 129 cm³/mol. The molecule has 2 aliphatic heterocycles. The number of fused-ring (bicyclic) bond motifs is 1. The Hall–Kier alpha value is -3.98. The first-order valence-corrected chi connectivity index (χ1v) is 11.7. The second-order valence-corrected chi connectivity index (χ2v) is 8.47. The van der Waals surface area contributed by atoms with E-state index >= 15 is 0 Å². The van der Waals surface area contributed by atoms with Crippen LogP contribution in [0.2, 0.25) is 0 Å². The molecule has 1 fully saturated rings. The second kappa shape index (κ2) is 10.5. The molecular formula is C26H28N4O5. The largest absolute Gasteiger partial charge is 0.468 e. The van der Waals surface area contributed by atoms with Crippen molar-refractivity contribution in [2.75, 3.05) is 44.4 Å². The fourth-order valence-corrected chi connectivity index (χ4v) is 4.40. The molecule has 1 atom stereocenters. The highest BCUT2D eigenvalue weighted by Gasteiger charge is 2.28. The number of hydrogen-bond acceptors (Lipinski definition) is 7. The van der Waals surface area contributed by atoms with Crippen LogP contribution >= 0.6 is 0 Å². The van der Waals surface area contributed by atoms with Crippen LogP contribution in [0.3, 0.4) is 0 Å². The third-order valence-corrected chi connectivity index (χ3v) is 6.30. The summed E-state index contributed by atoms with van der Waals surface area (Å²) < 4.78 is 16.3. The van der Waals surface area contributed by atoms with Crippen molar-refractivity contribution in [2.45, 2.75) is 12.6 Å². The lowest BCUT2D eigenvalue weighted by Crippen LogP contribution is -2.50. The highest BCUT2D eigenvalue weighted by atomic mass is 16.7. The monoisotopic (exact) mass is 476 g/mol. The molecule has 2 amide bonds. The van der Waals surface area contributed by atoms with Crippen LogP contribution in [0.15, 0.2) is 71.3 Å². The number of ether oxygens (including phenoxy) is 2. The summed E-state index contributed by atoms with van der Waals surface area (Å²) in [5, 5.41) is 5.44. The summed E-state index contributed by atoms with van der Waals surface area (Å²) in [7, 11) is 0. The number of furan rings is 1. The maximum atomic E-state index is 12.5. The number of para-hydroxylation sites is 1. The number of hydrogen-bond donors (Lipinski definition) is 2. The van der Waals surface area contributed by atoms with Gasteiger partial charge >= 0.3 is 11.8 Å². The van der Waals surface area contributed by atoms with Gasteiger partial charge in [0.15, 0.2) is 11.5 Å². The molecule has 5 rings (SSSR count). The Bertz CT molecular complexity index is 1140. The summed E-state index contributed by atoms with van der Waals surface area (Å²) in [5.74, 6) is 0.709. The van der Waals surface area contributed by atoms with E-state index in [2.05, 4.69) is 32.6 Å². The van der Waals surface area contributed by atoms with Gasteiger partial charge in [-0.05, 0) is 42.0 Å². The Kier molecular flexibility index (Phi) is 6.85. The average Bonchev–Trinajstić information content (AvgIpc) is 3.60. The zero-order valence-electron chi connectivity index (χ0n) is 19.3. The van der Waals surface area contributed by atoms with E-state index in [-0.39, 0.29) is 25.9 Å². The molecule has 0 unspecified atom stereocenters. The van der Waals surface area contributed by atoms with E-state index in [1.165, 1.54) is 5.69 Å². The van der Waals surface area contributed by atoms with Crippen LogP contribution in [-0.2, 0) is 16.1 Å². The summed E-state index contributed by atoms with van der Waals surface area (Å²) in [6.07, 6.45) is 1.63. The van der Waals surface area contributed by atoms with Gasteiger partial charge in [0.25, 0.3) is 0 Å². The van der Waals surface area contributed by atoms with Gasteiger partial charge in [-0.25, -0.2) is 0 Å². The summed E-state index contributed by atoms with van der Waals surface area (Å²) in [6, 6.07) is 19.3. The van der Waals surface area contributed by atoms with Gasteiger partial charge in [-0.15, -0.1) is 0 Å². The molecule has 3 heterocycles. The molecule has 9 heteroatoms. The molecule has 2 N–H and O–H groups in total. The normalized spacial score (nSPS) is 16.1. The van der Waals surface area contributed by atoms with Crippen molar-refractivity contribution in [1.82, 2.24) is 15.5 Å². The number of anilines is 1. The van der Waals surface area contributed by atoms with Crippen molar-refractivity contribution < 1.29 is 23.5 Å². The third kappa shape index (κ3) is 5.41. The lowest BCUT2D eigenvalue weighted by molar-refractivity contribution is -0.139. The first-order chi connectivity index (χ1) is 17.2. The van der Waals surface area contributed by atoms with Crippen LogP contribution in [0.25, 0.3) is 0 Å². The molecule has 2 aromatic carbocycles. The van der Waals surface area contributed by atoms with Gasteiger partial charge < -0.3 is 29.4 Å². The molecule has 1 saturated heterocycles. The van der Waals surface area contributed by atoms with Crippen molar-refractivity contribution in [3.8, 4) is 11.5 Å². The Labute approximate surface area is 203 Å². The summed E-state index contributed by atoms with van der Waals surface area (Å²) >= 11 is 0. The molecule has 35 heavy (non-hydrogen) atoms. The van der Waals surface area contributed by atoms with Crippen LogP contribution in [0.4, 0.5) is 5.69 Å². The van der Waals surface area contributed by atoms with Crippen molar-refractivity contribution in [1.29, 1.82) is 0 Å². The van der Waals surface area contributed by atoms with Gasteiger partial charge in [0.05, 0.1) is 12.3 Å². The minimum Gasteiger partial charge on any atom is -0.468 e. The Morgan fingerprint density at radius 1 is 0.857 bits per heavy atom. The van der Waals surface area contributed by atoms with Crippen molar-refractivity contribution in [3.05, 3.63) is 78.3 Å². The van der Waals surface area contributed by atoms with E-state index in [4.69, 9.17) is 13.9 Å². The maximum absolute atomic E-state index is 12.5. The summed E-state index contributed by atoms with van der Waals surface area (Å²) in [4.78, 5) is 29.5. The lowest BCUT2D eigenvalue weighted by Gasteiger charge is -2.39. The summed E-state index contributed by atoms with van der Waals surface area (Å²) in [5.41, 5.74) is 2.02. The molecule has 0 saturated carbocycles. The minimum absolute atomic E-state index is 0.159. The van der Waals surface area contributed by atoms with Gasteiger partial charge in [0.2, 0.25) is 6.79 Å². The van der Waals surface area contributed by atoms with Gasteiger partial charge in [-0.2, -0.15) is 0 Å². The van der Waals surface area contributed by atoms with E-state index in [9.17, 15) is 9.59 Å². The fraction of sp³-hybridized carbons (Fsp3) is 0.308.